The van der Waals surface area contributed by atoms with Crippen LogP contribution in [0.4, 0.5) is 14.9 Å². The summed E-state index contributed by atoms with van der Waals surface area (Å²) in [5.41, 5.74) is -0.153. The van der Waals surface area contributed by atoms with E-state index in [1.165, 1.54) is 11.0 Å². The molecule has 2 heterocycles. The van der Waals surface area contributed by atoms with Crippen molar-refractivity contribution in [1.82, 2.24) is 10.2 Å². The highest BCUT2D eigenvalue weighted by Crippen LogP contribution is 2.60. The number of likely N-dealkylation sites (tertiary alicyclic amines) is 1. The number of amides is 3. The molecule has 0 aliphatic carbocycles. The molecule has 2 aromatic carbocycles. The van der Waals surface area contributed by atoms with E-state index in [1.54, 1.807) is 30.3 Å². The Morgan fingerprint density at radius 1 is 1.30 bits per heavy atom. The Morgan fingerprint density at radius 2 is 2.03 bits per heavy atom. The number of urea groups is 1. The quantitative estimate of drug-likeness (QED) is 0.410. The van der Waals surface area contributed by atoms with E-state index in [4.69, 9.17) is 28.3 Å². The summed E-state index contributed by atoms with van der Waals surface area (Å²) in [5, 5.41) is 24.9. The van der Waals surface area contributed by atoms with Gasteiger partial charge >= 0.3 is 6.03 Å². The number of aliphatic hydroxyl groups excluding tert-OH is 2. The Hall–Kier alpha value is -2.39. The number of benzene rings is 2. The van der Waals surface area contributed by atoms with Gasteiger partial charge < -0.3 is 25.7 Å². The summed E-state index contributed by atoms with van der Waals surface area (Å²) in [5.74, 6) is -1.37. The predicted octanol–water partition coefficient (Wildman–Crippen LogP) is 4.88. The predicted molar refractivity (Wildman–Crippen MR) is 141 cm³/mol. The molecule has 1 saturated heterocycles. The third-order valence-electron chi connectivity index (χ3n) is 7.22. The molecule has 4 rings (SSSR count). The van der Waals surface area contributed by atoms with Gasteiger partial charge in [0.05, 0.1) is 23.8 Å². The summed E-state index contributed by atoms with van der Waals surface area (Å²) in [6, 6.07) is 8.24. The number of fused-ring (bicyclic) bond motifs is 2. The van der Waals surface area contributed by atoms with Gasteiger partial charge in [-0.25, -0.2) is 9.18 Å². The van der Waals surface area contributed by atoms with Crippen molar-refractivity contribution in [2.24, 2.45) is 11.3 Å². The van der Waals surface area contributed by atoms with Gasteiger partial charge in [0.2, 0.25) is 5.91 Å². The second-order valence-electron chi connectivity index (χ2n) is 11.0. The first-order chi connectivity index (χ1) is 17.4. The van der Waals surface area contributed by atoms with Crippen LogP contribution in [0, 0.1) is 17.2 Å². The van der Waals surface area contributed by atoms with E-state index in [-0.39, 0.29) is 47.3 Å². The number of aliphatic hydroxyl groups is 2. The average molecular weight is 552 g/mol. The van der Waals surface area contributed by atoms with Gasteiger partial charge in [-0.15, -0.1) is 0 Å². The van der Waals surface area contributed by atoms with E-state index in [2.05, 4.69) is 31.4 Å². The van der Waals surface area contributed by atoms with Crippen molar-refractivity contribution in [3.63, 3.8) is 0 Å². The van der Waals surface area contributed by atoms with Gasteiger partial charge in [-0.05, 0) is 47.9 Å². The monoisotopic (exact) mass is 551 g/mol. The second-order valence-corrected chi connectivity index (χ2v) is 11.9. The molecule has 3 amide bonds. The molecule has 37 heavy (non-hydrogen) atoms. The molecule has 2 aliphatic heterocycles. The second kappa shape index (κ2) is 10.4. The molecule has 7 nitrogen and oxygen atoms in total. The fourth-order valence-electron chi connectivity index (χ4n) is 5.81. The van der Waals surface area contributed by atoms with Gasteiger partial charge in [-0.2, -0.15) is 0 Å². The number of hydrogen-bond acceptors (Lipinski definition) is 4. The number of hydrogen-bond donors (Lipinski definition) is 4. The summed E-state index contributed by atoms with van der Waals surface area (Å²) < 4.78 is 15.7. The minimum Gasteiger partial charge on any atom is -0.394 e. The maximum atomic E-state index is 15.7. The van der Waals surface area contributed by atoms with Crippen LogP contribution in [0.25, 0.3) is 0 Å². The van der Waals surface area contributed by atoms with E-state index in [0.717, 1.165) is 0 Å². The number of carbonyl (C=O) groups is 2. The zero-order chi connectivity index (χ0) is 27.1. The minimum absolute atomic E-state index is 0.0944. The maximum Gasteiger partial charge on any atom is 0.317 e. The molecule has 200 valence electrons. The molecule has 10 heteroatoms. The van der Waals surface area contributed by atoms with Gasteiger partial charge in [0, 0.05) is 29.4 Å². The number of nitrogens with one attached hydrogen (secondary N) is 2. The number of nitrogens with zero attached hydrogens (tertiary/aromatic N) is 1. The lowest BCUT2D eigenvalue weighted by atomic mass is 9.63. The van der Waals surface area contributed by atoms with Crippen molar-refractivity contribution < 1.29 is 24.2 Å². The third-order valence-corrected chi connectivity index (χ3v) is 7.74. The molecule has 0 bridgehead atoms. The van der Waals surface area contributed by atoms with Crippen LogP contribution in [0.2, 0.25) is 10.0 Å². The van der Waals surface area contributed by atoms with E-state index >= 15 is 4.39 Å². The first-order valence-corrected chi connectivity index (χ1v) is 13.0. The molecular formula is C27H32Cl2FN3O4. The smallest absolute Gasteiger partial charge is 0.317 e. The molecule has 4 N–H and O–H groups in total. The van der Waals surface area contributed by atoms with E-state index < -0.39 is 36.0 Å². The fourth-order valence-corrected chi connectivity index (χ4v) is 6.16. The highest BCUT2D eigenvalue weighted by atomic mass is 35.5. The lowest BCUT2D eigenvalue weighted by Gasteiger charge is -2.38. The van der Waals surface area contributed by atoms with E-state index in [1.807, 2.05) is 0 Å². The minimum atomic E-state index is -1.29. The lowest BCUT2D eigenvalue weighted by Crippen LogP contribution is -2.48. The zero-order valence-electron chi connectivity index (χ0n) is 21.0. The van der Waals surface area contributed by atoms with Crippen molar-refractivity contribution in [2.45, 2.75) is 51.2 Å². The summed E-state index contributed by atoms with van der Waals surface area (Å²) >= 11 is 12.4. The standard InChI is InChI=1S/C27H32Cl2FN3O4/c1-26(2,3)12-15-13-33(25(37)31-10-9-17(35)14-34)23(18-5-4-6-20(29)22(18)30)27(15)19-8-7-16(28)11-21(19)32-24(27)36/h4-8,11,15,17,23,34-35H,9-10,12-14H2,1-3H3,(H,31,37)(H,32,36)/t15?,17-,23?,27?/m0/s1. The number of rotatable bonds is 6. The normalized spacial score (nSPS) is 23.8. The van der Waals surface area contributed by atoms with Gasteiger partial charge in [0.1, 0.15) is 11.2 Å². The van der Waals surface area contributed by atoms with Gasteiger partial charge in [-0.1, -0.05) is 62.2 Å². The summed E-state index contributed by atoms with van der Waals surface area (Å²) in [6.45, 7) is 6.04. The number of halogens is 3. The van der Waals surface area contributed by atoms with Crippen LogP contribution in [0.15, 0.2) is 36.4 Å². The van der Waals surface area contributed by atoms with Crippen LogP contribution in [0.3, 0.4) is 0 Å². The van der Waals surface area contributed by atoms with E-state index in [9.17, 15) is 14.7 Å². The van der Waals surface area contributed by atoms with Crippen molar-refractivity contribution in [3.8, 4) is 0 Å². The van der Waals surface area contributed by atoms with Crippen molar-refractivity contribution in [1.29, 1.82) is 0 Å². The topological polar surface area (TPSA) is 102 Å². The SMILES string of the molecule is CC(C)(C)CC1CN(C(=O)NCC[C@H](O)CO)C(c2cccc(Cl)c2F)C12C(=O)Nc1cc(Cl)ccc12. The molecule has 0 aromatic heterocycles. The third kappa shape index (κ3) is 5.04. The van der Waals surface area contributed by atoms with Gasteiger partial charge in [0.15, 0.2) is 0 Å². The van der Waals surface area contributed by atoms with Crippen LogP contribution >= 0.6 is 23.2 Å². The highest BCUT2D eigenvalue weighted by Gasteiger charge is 2.65. The Labute approximate surface area is 225 Å². The molecule has 1 spiro atoms. The molecule has 2 aromatic rings. The Morgan fingerprint density at radius 3 is 2.70 bits per heavy atom. The van der Waals surface area contributed by atoms with Gasteiger partial charge in [0.25, 0.3) is 0 Å². The van der Waals surface area contributed by atoms with Crippen LogP contribution in [0.5, 0.6) is 0 Å². The van der Waals surface area contributed by atoms with Crippen LogP contribution in [-0.2, 0) is 10.2 Å². The number of carbonyl (C=O) groups excluding carboxylic acids is 2. The Kier molecular flexibility index (Phi) is 7.77. The Balaban J connectivity index is 1.90. The summed E-state index contributed by atoms with van der Waals surface area (Å²) in [6.07, 6.45) is -0.254. The largest absolute Gasteiger partial charge is 0.394 e. The van der Waals surface area contributed by atoms with Crippen molar-refractivity contribution in [2.75, 3.05) is 25.0 Å². The molecule has 3 unspecified atom stereocenters. The van der Waals surface area contributed by atoms with Crippen LogP contribution < -0.4 is 10.6 Å². The van der Waals surface area contributed by atoms with Crippen molar-refractivity contribution >= 4 is 40.8 Å². The highest BCUT2D eigenvalue weighted by molar-refractivity contribution is 6.31. The summed E-state index contributed by atoms with van der Waals surface area (Å²) in [7, 11) is 0. The molecule has 0 radical (unpaired) electrons. The zero-order valence-corrected chi connectivity index (χ0v) is 22.5. The molecule has 2 aliphatic rings. The van der Waals surface area contributed by atoms with Crippen LogP contribution in [-0.4, -0.2) is 52.9 Å². The maximum absolute atomic E-state index is 15.7. The lowest BCUT2D eigenvalue weighted by molar-refractivity contribution is -0.123. The summed E-state index contributed by atoms with van der Waals surface area (Å²) in [4.78, 5) is 29.1. The molecule has 4 atom stereocenters. The molecule has 0 saturated carbocycles. The number of anilines is 1. The molecular weight excluding hydrogens is 520 g/mol. The van der Waals surface area contributed by atoms with Crippen LogP contribution in [0.1, 0.15) is 50.8 Å². The average Bonchev–Trinajstić information content (AvgIpc) is 3.29. The fraction of sp³-hybridized carbons (Fsp3) is 0.481. The Bertz CT molecular complexity index is 1200. The first kappa shape index (κ1) is 27.6. The first-order valence-electron chi connectivity index (χ1n) is 12.3. The van der Waals surface area contributed by atoms with Crippen molar-refractivity contribution in [3.05, 3.63) is 63.4 Å². The van der Waals surface area contributed by atoms with E-state index in [0.29, 0.717) is 22.7 Å². The molecule has 1 fully saturated rings. The van der Waals surface area contributed by atoms with Gasteiger partial charge in [-0.3, -0.25) is 4.79 Å².